The lowest BCUT2D eigenvalue weighted by Crippen LogP contribution is -2.57. The number of likely N-dealkylation sites (N-methyl/N-ethyl adjacent to an activating group) is 1. The molecule has 2 rings (SSSR count). The van der Waals surface area contributed by atoms with Crippen molar-refractivity contribution in [2.75, 3.05) is 26.4 Å². The number of hydrogen-bond donors (Lipinski definition) is 2. The Hall–Kier alpha value is -0.890. The van der Waals surface area contributed by atoms with Crippen molar-refractivity contribution >= 4 is 27.4 Å². The van der Waals surface area contributed by atoms with Crippen molar-refractivity contribution in [3.63, 3.8) is 0 Å². The molecule has 1 aliphatic rings. The van der Waals surface area contributed by atoms with E-state index in [2.05, 4.69) is 14.6 Å². The van der Waals surface area contributed by atoms with Crippen molar-refractivity contribution in [2.45, 2.75) is 29.7 Å². The van der Waals surface area contributed by atoms with E-state index in [1.807, 2.05) is 14.1 Å². The van der Waals surface area contributed by atoms with Crippen LogP contribution in [-0.2, 0) is 10.0 Å². The summed E-state index contributed by atoms with van der Waals surface area (Å²) in [6.07, 6.45) is 4.31. The molecule has 1 aliphatic carbocycles. The van der Waals surface area contributed by atoms with E-state index in [-0.39, 0.29) is 21.3 Å². The highest BCUT2D eigenvalue weighted by Crippen LogP contribution is 2.35. The molecular weight excluding hydrogens is 300 g/mol. The summed E-state index contributed by atoms with van der Waals surface area (Å²) in [7, 11) is 0.313. The monoisotopic (exact) mass is 318 g/mol. The maximum Gasteiger partial charge on any atom is 0.242 e. The number of anilines is 1. The fraction of sp³-hybridized carbons (Fsp3) is 0.583. The van der Waals surface area contributed by atoms with E-state index in [4.69, 9.17) is 17.3 Å². The second-order valence-corrected chi connectivity index (χ2v) is 7.51. The van der Waals surface area contributed by atoms with Gasteiger partial charge in [-0.3, -0.25) is 0 Å². The average Bonchev–Trinajstić information content (AvgIpc) is 2.30. The van der Waals surface area contributed by atoms with E-state index in [0.717, 1.165) is 19.3 Å². The minimum atomic E-state index is -3.62. The second kappa shape index (κ2) is 5.48. The van der Waals surface area contributed by atoms with E-state index >= 15 is 0 Å². The number of halogens is 1. The SMILES string of the molecule is CN(C)C1(CNS(=O)(=O)c2cnc(N)c(Cl)c2)CCC1. The summed E-state index contributed by atoms with van der Waals surface area (Å²) in [4.78, 5) is 5.88. The predicted octanol–water partition coefficient (Wildman–Crippen LogP) is 1.08. The maximum atomic E-state index is 12.2. The zero-order valence-electron chi connectivity index (χ0n) is 11.6. The smallest absolute Gasteiger partial charge is 0.242 e. The standard InChI is InChI=1S/C12H19ClN4O2S/c1-17(2)12(4-3-5-12)8-16-20(18,19)9-6-10(13)11(14)15-7-9/h6-7,16H,3-5,8H2,1-2H3,(H2,14,15). The highest BCUT2D eigenvalue weighted by atomic mass is 35.5. The number of pyridine rings is 1. The summed E-state index contributed by atoms with van der Waals surface area (Å²) >= 11 is 5.81. The van der Waals surface area contributed by atoms with Crippen LogP contribution in [0.25, 0.3) is 0 Å². The topological polar surface area (TPSA) is 88.3 Å². The number of nitrogens with zero attached hydrogens (tertiary/aromatic N) is 2. The van der Waals surface area contributed by atoms with E-state index in [1.54, 1.807) is 0 Å². The van der Waals surface area contributed by atoms with Crippen LogP contribution in [-0.4, -0.2) is 44.5 Å². The van der Waals surface area contributed by atoms with Crippen LogP contribution in [0.1, 0.15) is 19.3 Å². The van der Waals surface area contributed by atoms with Crippen LogP contribution >= 0.6 is 11.6 Å². The molecule has 0 unspecified atom stereocenters. The Morgan fingerprint density at radius 2 is 2.15 bits per heavy atom. The molecule has 1 aromatic rings. The number of rotatable bonds is 5. The number of nitrogen functional groups attached to an aromatic ring is 1. The van der Waals surface area contributed by atoms with E-state index in [9.17, 15) is 8.42 Å². The number of aromatic nitrogens is 1. The van der Waals surface area contributed by atoms with E-state index in [0.29, 0.717) is 6.54 Å². The molecule has 112 valence electrons. The number of hydrogen-bond acceptors (Lipinski definition) is 5. The average molecular weight is 319 g/mol. The molecule has 6 nitrogen and oxygen atoms in total. The molecule has 0 spiro atoms. The van der Waals surface area contributed by atoms with Gasteiger partial charge in [-0.25, -0.2) is 18.1 Å². The molecule has 0 atom stereocenters. The summed E-state index contributed by atoms with van der Waals surface area (Å²) in [6, 6.07) is 1.31. The van der Waals surface area contributed by atoms with Gasteiger partial charge in [0.2, 0.25) is 10.0 Å². The molecular formula is C12H19ClN4O2S. The third-order valence-corrected chi connectivity index (χ3v) is 5.65. The molecule has 0 saturated heterocycles. The highest BCUT2D eigenvalue weighted by Gasteiger charge is 2.39. The van der Waals surface area contributed by atoms with Crippen molar-refractivity contribution < 1.29 is 8.42 Å². The van der Waals surface area contributed by atoms with Gasteiger partial charge in [-0.2, -0.15) is 0 Å². The van der Waals surface area contributed by atoms with Gasteiger partial charge < -0.3 is 10.6 Å². The Morgan fingerprint density at radius 1 is 1.50 bits per heavy atom. The lowest BCUT2D eigenvalue weighted by Gasteiger charge is -2.47. The normalized spacial score (nSPS) is 18.0. The quantitative estimate of drug-likeness (QED) is 0.848. The van der Waals surface area contributed by atoms with Crippen LogP contribution in [0.2, 0.25) is 5.02 Å². The van der Waals surface area contributed by atoms with Crippen LogP contribution in [0.15, 0.2) is 17.2 Å². The van der Waals surface area contributed by atoms with Gasteiger partial charge in [0.15, 0.2) is 0 Å². The molecule has 20 heavy (non-hydrogen) atoms. The fourth-order valence-electron chi connectivity index (χ4n) is 2.26. The summed E-state index contributed by atoms with van der Waals surface area (Å²) in [5.41, 5.74) is 5.40. The number of nitrogens with one attached hydrogen (secondary N) is 1. The summed E-state index contributed by atoms with van der Waals surface area (Å²) in [5, 5.41) is 0.138. The molecule has 1 aromatic heterocycles. The van der Waals surface area contributed by atoms with Crippen LogP contribution in [0.5, 0.6) is 0 Å². The molecule has 0 radical (unpaired) electrons. The third-order valence-electron chi connectivity index (χ3n) is 3.98. The Kier molecular flexibility index (Phi) is 4.24. The Bertz CT molecular complexity index is 599. The minimum Gasteiger partial charge on any atom is -0.382 e. The lowest BCUT2D eigenvalue weighted by molar-refractivity contribution is 0.0657. The van der Waals surface area contributed by atoms with E-state index in [1.165, 1.54) is 12.3 Å². The lowest BCUT2D eigenvalue weighted by atomic mass is 9.76. The van der Waals surface area contributed by atoms with Gasteiger partial charge in [0.25, 0.3) is 0 Å². The Labute approximate surface area is 124 Å². The van der Waals surface area contributed by atoms with Crippen molar-refractivity contribution in [3.8, 4) is 0 Å². The van der Waals surface area contributed by atoms with Crippen LogP contribution < -0.4 is 10.5 Å². The van der Waals surface area contributed by atoms with Gasteiger partial charge in [-0.15, -0.1) is 0 Å². The first-order valence-electron chi connectivity index (χ1n) is 6.35. The first-order chi connectivity index (χ1) is 9.27. The van der Waals surface area contributed by atoms with Crippen molar-refractivity contribution in [2.24, 2.45) is 0 Å². The largest absolute Gasteiger partial charge is 0.382 e. The molecule has 8 heteroatoms. The molecule has 0 amide bonds. The van der Waals surface area contributed by atoms with Gasteiger partial charge in [-0.1, -0.05) is 11.6 Å². The first-order valence-corrected chi connectivity index (χ1v) is 8.21. The molecule has 3 N–H and O–H groups in total. The van der Waals surface area contributed by atoms with Crippen molar-refractivity contribution in [1.29, 1.82) is 0 Å². The molecule has 1 heterocycles. The number of sulfonamides is 1. The molecule has 1 fully saturated rings. The van der Waals surface area contributed by atoms with Gasteiger partial charge in [-0.05, 0) is 39.4 Å². The zero-order valence-corrected chi connectivity index (χ0v) is 13.1. The van der Waals surface area contributed by atoms with Gasteiger partial charge in [0.05, 0.1) is 5.02 Å². The highest BCUT2D eigenvalue weighted by molar-refractivity contribution is 7.89. The fourth-order valence-corrected chi connectivity index (χ4v) is 3.58. The predicted molar refractivity (Wildman–Crippen MR) is 79.1 cm³/mol. The van der Waals surface area contributed by atoms with Gasteiger partial charge in [0, 0.05) is 18.3 Å². The minimum absolute atomic E-state index is 0.0323. The molecule has 0 aliphatic heterocycles. The van der Waals surface area contributed by atoms with Crippen molar-refractivity contribution in [3.05, 3.63) is 17.3 Å². The molecule has 0 bridgehead atoms. The maximum absolute atomic E-state index is 12.2. The summed E-state index contributed by atoms with van der Waals surface area (Å²) in [6.45, 7) is 0.379. The van der Waals surface area contributed by atoms with E-state index < -0.39 is 10.0 Å². The Balaban J connectivity index is 2.13. The Morgan fingerprint density at radius 3 is 2.60 bits per heavy atom. The van der Waals surface area contributed by atoms with Crippen LogP contribution in [0.4, 0.5) is 5.82 Å². The van der Waals surface area contributed by atoms with Crippen LogP contribution in [0.3, 0.4) is 0 Å². The molecule has 0 aromatic carbocycles. The number of nitrogens with two attached hydrogens (primary N) is 1. The second-order valence-electron chi connectivity index (χ2n) is 5.33. The molecule has 1 saturated carbocycles. The zero-order chi connectivity index (χ0) is 15.0. The first kappa shape index (κ1) is 15.5. The third kappa shape index (κ3) is 2.90. The van der Waals surface area contributed by atoms with Gasteiger partial charge >= 0.3 is 0 Å². The van der Waals surface area contributed by atoms with Gasteiger partial charge in [0.1, 0.15) is 10.7 Å². The van der Waals surface area contributed by atoms with Crippen molar-refractivity contribution in [1.82, 2.24) is 14.6 Å². The summed E-state index contributed by atoms with van der Waals surface area (Å²) < 4.78 is 27.1. The van der Waals surface area contributed by atoms with Crippen LogP contribution in [0, 0.1) is 0 Å². The summed E-state index contributed by atoms with van der Waals surface area (Å²) in [5.74, 6) is 0.120.